The molecule has 1 atom stereocenters. The number of hydrogen-bond acceptors (Lipinski definition) is 6. The second-order valence-electron chi connectivity index (χ2n) is 2.86. The Labute approximate surface area is 81.4 Å². The molecule has 0 aromatic carbocycles. The molecule has 5 nitrogen and oxygen atoms in total. The molecule has 0 aliphatic carbocycles. The molecule has 0 amide bonds. The maximum absolute atomic E-state index is 11.0. The van der Waals surface area contributed by atoms with Crippen LogP contribution in [-0.2, 0) is 4.79 Å². The van der Waals surface area contributed by atoms with Gasteiger partial charge in [-0.1, -0.05) is 0 Å². The van der Waals surface area contributed by atoms with Gasteiger partial charge >= 0.3 is 0 Å². The number of ketones is 1. The fourth-order valence-electron chi connectivity index (χ4n) is 0.837. The molecule has 4 N–H and O–H groups in total. The van der Waals surface area contributed by atoms with Gasteiger partial charge < -0.3 is 20.4 Å². The normalized spacial score (nSPS) is 14.2. The highest BCUT2D eigenvalue weighted by Crippen LogP contribution is 2.21. The predicted molar refractivity (Wildman–Crippen MR) is 48.6 cm³/mol. The Morgan fingerprint density at radius 1 is 1.23 bits per heavy atom. The SMILES string of the molecule is O=C(CS)C(O)C(CO)(CO)CO. The number of carbonyl (C=O) groups is 1. The van der Waals surface area contributed by atoms with E-state index in [1.54, 1.807) is 0 Å². The van der Waals surface area contributed by atoms with E-state index in [0.717, 1.165) is 0 Å². The zero-order valence-electron chi connectivity index (χ0n) is 7.05. The first kappa shape index (κ1) is 12.9. The van der Waals surface area contributed by atoms with E-state index in [0.29, 0.717) is 0 Å². The van der Waals surface area contributed by atoms with Crippen LogP contribution in [0, 0.1) is 5.41 Å². The second kappa shape index (κ2) is 5.56. The summed E-state index contributed by atoms with van der Waals surface area (Å²) < 4.78 is 0. The van der Waals surface area contributed by atoms with Crippen LogP contribution in [0.25, 0.3) is 0 Å². The number of rotatable bonds is 6. The molecule has 0 aliphatic rings. The molecule has 0 aliphatic heterocycles. The first-order valence-electron chi connectivity index (χ1n) is 3.72. The fraction of sp³-hybridized carbons (Fsp3) is 0.857. The molecule has 0 heterocycles. The van der Waals surface area contributed by atoms with Gasteiger partial charge in [-0.05, 0) is 0 Å². The topological polar surface area (TPSA) is 98.0 Å². The number of Topliss-reactive ketones (excluding diaryl/α,β-unsaturated/α-hetero) is 1. The fourth-order valence-corrected chi connectivity index (χ4v) is 1.01. The molecular formula is C7H14O5S. The number of hydrogen-bond donors (Lipinski definition) is 5. The number of thiol groups is 1. The van der Waals surface area contributed by atoms with E-state index in [2.05, 4.69) is 12.6 Å². The van der Waals surface area contributed by atoms with Crippen molar-refractivity contribution in [2.75, 3.05) is 25.6 Å². The van der Waals surface area contributed by atoms with Gasteiger partial charge in [-0.2, -0.15) is 12.6 Å². The Balaban J connectivity index is 4.62. The first-order valence-corrected chi connectivity index (χ1v) is 4.35. The maximum Gasteiger partial charge on any atom is 0.171 e. The lowest BCUT2D eigenvalue weighted by Gasteiger charge is -2.31. The van der Waals surface area contributed by atoms with Gasteiger partial charge in [-0.3, -0.25) is 4.79 Å². The molecule has 0 aromatic heterocycles. The lowest BCUT2D eigenvalue weighted by atomic mass is 9.82. The molecule has 0 saturated heterocycles. The van der Waals surface area contributed by atoms with Crippen molar-refractivity contribution in [3.63, 3.8) is 0 Å². The van der Waals surface area contributed by atoms with E-state index in [-0.39, 0.29) is 5.75 Å². The first-order chi connectivity index (χ1) is 6.07. The Bertz CT molecular complexity index is 160. The van der Waals surface area contributed by atoms with Crippen molar-refractivity contribution < 1.29 is 25.2 Å². The number of aliphatic hydroxyl groups is 4. The van der Waals surface area contributed by atoms with Crippen LogP contribution in [0.1, 0.15) is 0 Å². The standard InChI is InChI=1S/C7H14O5S/c8-2-7(3-9,4-10)6(12)5(11)1-13/h6,8-10,12-13H,1-4H2. The quantitative estimate of drug-likeness (QED) is 0.321. The average molecular weight is 210 g/mol. The lowest BCUT2D eigenvalue weighted by molar-refractivity contribution is -0.142. The van der Waals surface area contributed by atoms with Crippen LogP contribution >= 0.6 is 12.6 Å². The Kier molecular flexibility index (Phi) is 5.50. The third-order valence-corrected chi connectivity index (χ3v) is 2.30. The zero-order valence-corrected chi connectivity index (χ0v) is 7.94. The van der Waals surface area contributed by atoms with Crippen LogP contribution in [0.3, 0.4) is 0 Å². The van der Waals surface area contributed by atoms with Crippen LogP contribution in [0.15, 0.2) is 0 Å². The second-order valence-corrected chi connectivity index (χ2v) is 3.18. The molecule has 0 bridgehead atoms. The number of aliphatic hydroxyl groups excluding tert-OH is 4. The summed E-state index contributed by atoms with van der Waals surface area (Å²) in [5, 5.41) is 35.9. The van der Waals surface area contributed by atoms with E-state index < -0.39 is 37.1 Å². The summed E-state index contributed by atoms with van der Waals surface area (Å²) in [7, 11) is 0. The minimum atomic E-state index is -1.59. The van der Waals surface area contributed by atoms with Gasteiger partial charge in [-0.15, -0.1) is 0 Å². The molecule has 0 saturated carbocycles. The molecule has 0 fully saturated rings. The van der Waals surface area contributed by atoms with Crippen LogP contribution < -0.4 is 0 Å². The van der Waals surface area contributed by atoms with Crippen molar-refractivity contribution in [1.29, 1.82) is 0 Å². The molecule has 13 heavy (non-hydrogen) atoms. The van der Waals surface area contributed by atoms with Crippen molar-refractivity contribution >= 4 is 18.4 Å². The van der Waals surface area contributed by atoms with Crippen LogP contribution in [0.5, 0.6) is 0 Å². The van der Waals surface area contributed by atoms with Crippen molar-refractivity contribution in [2.24, 2.45) is 5.41 Å². The molecular weight excluding hydrogens is 196 g/mol. The Hall–Kier alpha value is -0.140. The molecule has 6 heteroatoms. The molecule has 0 radical (unpaired) electrons. The molecule has 0 spiro atoms. The van der Waals surface area contributed by atoms with Crippen LogP contribution in [0.2, 0.25) is 0 Å². The van der Waals surface area contributed by atoms with Crippen molar-refractivity contribution in [1.82, 2.24) is 0 Å². The average Bonchev–Trinajstić information content (AvgIpc) is 2.20. The summed E-state index contributed by atoms with van der Waals surface area (Å²) in [6, 6.07) is 0. The lowest BCUT2D eigenvalue weighted by Crippen LogP contribution is -2.49. The minimum absolute atomic E-state index is 0.205. The van der Waals surface area contributed by atoms with Gasteiger partial charge in [0.2, 0.25) is 0 Å². The van der Waals surface area contributed by atoms with Gasteiger partial charge in [-0.25, -0.2) is 0 Å². The molecule has 78 valence electrons. The zero-order chi connectivity index (χ0) is 10.5. The summed E-state index contributed by atoms with van der Waals surface area (Å²) in [5.74, 6) is -0.844. The minimum Gasteiger partial charge on any atom is -0.395 e. The number of carbonyl (C=O) groups excluding carboxylic acids is 1. The smallest absolute Gasteiger partial charge is 0.171 e. The van der Waals surface area contributed by atoms with Gasteiger partial charge in [0.05, 0.1) is 31.0 Å². The Morgan fingerprint density at radius 2 is 1.62 bits per heavy atom. The highest BCUT2D eigenvalue weighted by Gasteiger charge is 2.40. The van der Waals surface area contributed by atoms with Gasteiger partial charge in [0.25, 0.3) is 0 Å². The van der Waals surface area contributed by atoms with Gasteiger partial charge in [0.15, 0.2) is 5.78 Å². The maximum atomic E-state index is 11.0. The van der Waals surface area contributed by atoms with Crippen LogP contribution in [-0.4, -0.2) is 57.9 Å². The van der Waals surface area contributed by atoms with E-state index in [9.17, 15) is 9.90 Å². The van der Waals surface area contributed by atoms with E-state index >= 15 is 0 Å². The third-order valence-electron chi connectivity index (χ3n) is 1.99. The highest BCUT2D eigenvalue weighted by molar-refractivity contribution is 7.81. The molecule has 1 unspecified atom stereocenters. The van der Waals surface area contributed by atoms with E-state index in [1.165, 1.54) is 0 Å². The highest BCUT2D eigenvalue weighted by atomic mass is 32.1. The molecule has 0 aromatic rings. The summed E-state index contributed by atoms with van der Waals surface area (Å²) in [6.07, 6.45) is -1.59. The summed E-state index contributed by atoms with van der Waals surface area (Å²) in [5.41, 5.74) is -1.57. The van der Waals surface area contributed by atoms with Crippen molar-refractivity contribution in [2.45, 2.75) is 6.10 Å². The summed E-state index contributed by atoms with van der Waals surface area (Å²) >= 11 is 3.65. The van der Waals surface area contributed by atoms with Gasteiger partial charge in [0, 0.05) is 0 Å². The third kappa shape index (κ3) is 2.65. The largest absolute Gasteiger partial charge is 0.395 e. The van der Waals surface area contributed by atoms with E-state index in [4.69, 9.17) is 15.3 Å². The van der Waals surface area contributed by atoms with Gasteiger partial charge in [0.1, 0.15) is 6.10 Å². The van der Waals surface area contributed by atoms with E-state index in [1.807, 2.05) is 0 Å². The Morgan fingerprint density at radius 3 is 1.85 bits per heavy atom. The van der Waals surface area contributed by atoms with Crippen molar-refractivity contribution in [3.8, 4) is 0 Å². The summed E-state index contributed by atoms with van der Waals surface area (Å²) in [4.78, 5) is 11.0. The predicted octanol–water partition coefficient (Wildman–Crippen LogP) is -2.19. The van der Waals surface area contributed by atoms with Crippen molar-refractivity contribution in [3.05, 3.63) is 0 Å². The molecule has 0 rings (SSSR count). The monoisotopic (exact) mass is 210 g/mol. The summed E-state index contributed by atoms with van der Waals surface area (Å²) in [6.45, 7) is -2.00. The van der Waals surface area contributed by atoms with Crippen LogP contribution in [0.4, 0.5) is 0 Å².